The lowest BCUT2D eigenvalue weighted by molar-refractivity contribution is -0.166. The topological polar surface area (TPSA) is 44.8 Å². The van der Waals surface area contributed by atoms with Crippen LogP contribution in [0.2, 0.25) is 0 Å². The van der Waals surface area contributed by atoms with Crippen molar-refractivity contribution in [2.75, 3.05) is 6.61 Å². The van der Waals surface area contributed by atoms with Crippen LogP contribution in [0.1, 0.15) is 25.3 Å². The molecule has 2 saturated heterocycles. The summed E-state index contributed by atoms with van der Waals surface area (Å²) in [5, 5.41) is 0. The van der Waals surface area contributed by atoms with Gasteiger partial charge in [-0.3, -0.25) is 4.79 Å². The van der Waals surface area contributed by atoms with Gasteiger partial charge in [0, 0.05) is 11.8 Å². The minimum absolute atomic E-state index is 0.00899. The predicted molar refractivity (Wildman–Crippen MR) is 70.9 cm³/mol. The SMILES string of the molecule is CC1(C)OC[C@H]([C@@H]2OC(=O)[C@@H]3[C@@H](c4ccccc4)[C@H]23)O1. The highest BCUT2D eigenvalue weighted by Gasteiger charge is 2.68. The molecule has 1 aromatic rings. The summed E-state index contributed by atoms with van der Waals surface area (Å²) < 4.78 is 17.0. The number of carbonyl (C=O) groups excluding carboxylic acids is 1. The molecule has 4 heteroatoms. The lowest BCUT2D eigenvalue weighted by atomic mass is 10.0. The Morgan fingerprint density at radius 3 is 2.55 bits per heavy atom. The fourth-order valence-electron chi connectivity index (χ4n) is 3.64. The van der Waals surface area contributed by atoms with E-state index in [4.69, 9.17) is 14.2 Å². The normalized spacial score (nSPS) is 41.3. The van der Waals surface area contributed by atoms with E-state index < -0.39 is 5.79 Å². The van der Waals surface area contributed by atoms with E-state index in [1.807, 2.05) is 32.0 Å². The molecule has 0 radical (unpaired) electrons. The van der Waals surface area contributed by atoms with E-state index in [2.05, 4.69) is 12.1 Å². The Kier molecular flexibility index (Phi) is 2.51. The smallest absolute Gasteiger partial charge is 0.310 e. The Morgan fingerprint density at radius 1 is 1.15 bits per heavy atom. The number of rotatable bonds is 2. The molecular weight excluding hydrogens is 256 g/mol. The number of fused-ring (bicyclic) bond motifs is 1. The summed E-state index contributed by atoms with van der Waals surface area (Å²) in [4.78, 5) is 12.0. The summed E-state index contributed by atoms with van der Waals surface area (Å²) in [6.07, 6.45) is -0.308. The summed E-state index contributed by atoms with van der Waals surface area (Å²) >= 11 is 0. The largest absolute Gasteiger partial charge is 0.459 e. The van der Waals surface area contributed by atoms with Crippen molar-refractivity contribution in [3.05, 3.63) is 35.9 Å². The summed E-state index contributed by atoms with van der Waals surface area (Å²) in [5.74, 6) is -0.120. The van der Waals surface area contributed by atoms with Gasteiger partial charge in [-0.15, -0.1) is 0 Å². The van der Waals surface area contributed by atoms with Crippen LogP contribution in [0.25, 0.3) is 0 Å². The lowest BCUT2D eigenvalue weighted by Crippen LogP contribution is -2.34. The highest BCUT2D eigenvalue weighted by molar-refractivity contribution is 5.81. The Hall–Kier alpha value is -1.39. The zero-order chi connectivity index (χ0) is 13.9. The Labute approximate surface area is 118 Å². The van der Waals surface area contributed by atoms with Gasteiger partial charge in [-0.25, -0.2) is 0 Å². The summed E-state index contributed by atoms with van der Waals surface area (Å²) in [5.41, 5.74) is 1.22. The van der Waals surface area contributed by atoms with Gasteiger partial charge in [0.05, 0.1) is 12.5 Å². The third-order valence-electron chi connectivity index (χ3n) is 4.56. The molecule has 0 N–H and O–H groups in total. The summed E-state index contributed by atoms with van der Waals surface area (Å²) in [6.45, 7) is 4.28. The minimum Gasteiger partial charge on any atom is -0.459 e. The molecule has 1 aliphatic carbocycles. The van der Waals surface area contributed by atoms with E-state index in [0.717, 1.165) is 0 Å². The maximum absolute atomic E-state index is 12.0. The molecule has 106 valence electrons. The number of carbonyl (C=O) groups is 1. The van der Waals surface area contributed by atoms with E-state index in [1.165, 1.54) is 5.56 Å². The van der Waals surface area contributed by atoms with Gasteiger partial charge in [-0.2, -0.15) is 0 Å². The molecule has 2 aliphatic heterocycles. The fraction of sp³-hybridized carbons (Fsp3) is 0.562. The average molecular weight is 274 g/mol. The standard InChI is InChI=1S/C16H18O4/c1-16(2)18-8-10(20-16)14-12-11(13(12)15(17)19-14)9-6-4-3-5-7-9/h3-7,10-14H,8H2,1-2H3/t10-,11+,12+,13-,14+/m1/s1. The molecule has 0 aromatic heterocycles. The first-order valence-electron chi connectivity index (χ1n) is 7.14. The van der Waals surface area contributed by atoms with Crippen LogP contribution in [0.4, 0.5) is 0 Å². The maximum Gasteiger partial charge on any atom is 0.310 e. The number of cyclic esters (lactones) is 1. The zero-order valence-corrected chi connectivity index (χ0v) is 11.6. The van der Waals surface area contributed by atoms with E-state index >= 15 is 0 Å². The van der Waals surface area contributed by atoms with Gasteiger partial charge in [0.15, 0.2) is 5.79 Å². The highest BCUT2D eigenvalue weighted by atomic mass is 16.8. The molecule has 5 atom stereocenters. The van der Waals surface area contributed by atoms with Gasteiger partial charge < -0.3 is 14.2 Å². The quantitative estimate of drug-likeness (QED) is 0.775. The molecule has 2 heterocycles. The van der Waals surface area contributed by atoms with Crippen molar-refractivity contribution in [2.45, 2.75) is 37.8 Å². The molecule has 3 aliphatic rings. The molecule has 1 saturated carbocycles. The molecular formula is C16H18O4. The Bertz CT molecular complexity index is 539. The number of esters is 1. The monoisotopic (exact) mass is 274 g/mol. The van der Waals surface area contributed by atoms with Crippen molar-refractivity contribution in [3.8, 4) is 0 Å². The molecule has 3 fully saturated rings. The number of ether oxygens (including phenoxy) is 3. The van der Waals surface area contributed by atoms with Crippen LogP contribution in [-0.2, 0) is 19.0 Å². The van der Waals surface area contributed by atoms with Crippen LogP contribution in [0.15, 0.2) is 30.3 Å². The van der Waals surface area contributed by atoms with Gasteiger partial charge in [0.1, 0.15) is 12.2 Å². The highest BCUT2D eigenvalue weighted by Crippen LogP contribution is 2.62. The van der Waals surface area contributed by atoms with Crippen LogP contribution < -0.4 is 0 Å². The first-order valence-corrected chi connectivity index (χ1v) is 7.14. The summed E-state index contributed by atoms with van der Waals surface area (Å²) in [6, 6.07) is 10.2. The number of benzene rings is 1. The Morgan fingerprint density at radius 2 is 1.90 bits per heavy atom. The van der Waals surface area contributed by atoms with Crippen molar-refractivity contribution in [3.63, 3.8) is 0 Å². The molecule has 4 nitrogen and oxygen atoms in total. The van der Waals surface area contributed by atoms with Crippen LogP contribution >= 0.6 is 0 Å². The van der Waals surface area contributed by atoms with E-state index in [0.29, 0.717) is 6.61 Å². The zero-order valence-electron chi connectivity index (χ0n) is 11.6. The molecule has 20 heavy (non-hydrogen) atoms. The van der Waals surface area contributed by atoms with E-state index in [1.54, 1.807) is 0 Å². The second-order valence-electron chi connectivity index (χ2n) is 6.31. The average Bonchev–Trinajstić information content (AvgIpc) is 2.94. The first-order chi connectivity index (χ1) is 9.57. The van der Waals surface area contributed by atoms with Crippen LogP contribution in [0.3, 0.4) is 0 Å². The van der Waals surface area contributed by atoms with Crippen molar-refractivity contribution >= 4 is 5.97 Å². The molecule has 0 spiro atoms. The van der Waals surface area contributed by atoms with Crippen LogP contribution in [-0.4, -0.2) is 30.6 Å². The molecule has 1 aromatic carbocycles. The van der Waals surface area contributed by atoms with Crippen molar-refractivity contribution < 1.29 is 19.0 Å². The summed E-state index contributed by atoms with van der Waals surface area (Å²) in [7, 11) is 0. The second kappa shape index (κ2) is 4.06. The van der Waals surface area contributed by atoms with Gasteiger partial charge in [-0.05, 0) is 19.4 Å². The minimum atomic E-state index is -0.577. The number of hydrogen-bond acceptors (Lipinski definition) is 4. The van der Waals surface area contributed by atoms with Gasteiger partial charge in [0.2, 0.25) is 0 Å². The van der Waals surface area contributed by atoms with Crippen LogP contribution in [0, 0.1) is 11.8 Å². The van der Waals surface area contributed by atoms with E-state index in [-0.39, 0.29) is 35.9 Å². The second-order valence-corrected chi connectivity index (χ2v) is 6.31. The van der Waals surface area contributed by atoms with Gasteiger partial charge >= 0.3 is 5.97 Å². The molecule has 4 rings (SSSR count). The third-order valence-corrected chi connectivity index (χ3v) is 4.56. The first kappa shape index (κ1) is 12.4. The predicted octanol–water partition coefficient (Wildman–Crippen LogP) is 2.09. The third kappa shape index (κ3) is 1.79. The molecule has 0 unspecified atom stereocenters. The number of hydrogen-bond donors (Lipinski definition) is 0. The molecule has 0 bridgehead atoms. The fourth-order valence-corrected chi connectivity index (χ4v) is 3.64. The van der Waals surface area contributed by atoms with Crippen molar-refractivity contribution in [1.82, 2.24) is 0 Å². The van der Waals surface area contributed by atoms with Crippen molar-refractivity contribution in [1.29, 1.82) is 0 Å². The lowest BCUT2D eigenvalue weighted by Gasteiger charge is -2.22. The Balaban J connectivity index is 1.55. The van der Waals surface area contributed by atoms with Crippen molar-refractivity contribution in [2.24, 2.45) is 11.8 Å². The van der Waals surface area contributed by atoms with E-state index in [9.17, 15) is 4.79 Å². The van der Waals surface area contributed by atoms with Gasteiger partial charge in [0.25, 0.3) is 0 Å². The van der Waals surface area contributed by atoms with Crippen LogP contribution in [0.5, 0.6) is 0 Å². The van der Waals surface area contributed by atoms with Gasteiger partial charge in [-0.1, -0.05) is 30.3 Å². The maximum atomic E-state index is 12.0. The molecule has 0 amide bonds.